The summed E-state index contributed by atoms with van der Waals surface area (Å²) in [6.07, 6.45) is -5.48. The first-order valence-electron chi connectivity index (χ1n) is 11.2. The Morgan fingerprint density at radius 1 is 1.06 bits per heavy atom. The Bertz CT molecular complexity index is 881. The zero-order valence-electron chi connectivity index (χ0n) is 21.1. The molecule has 0 aromatic heterocycles. The van der Waals surface area contributed by atoms with Crippen LogP contribution in [0, 0.1) is 0 Å². The van der Waals surface area contributed by atoms with Crippen molar-refractivity contribution >= 4 is 29.8 Å². The molecule has 4 atom stereocenters. The number of benzene rings is 1. The number of halogens is 1. The highest BCUT2D eigenvalue weighted by Crippen LogP contribution is 2.23. The lowest BCUT2D eigenvalue weighted by Crippen LogP contribution is -2.54. The van der Waals surface area contributed by atoms with Crippen LogP contribution in [0.15, 0.2) is 24.3 Å². The van der Waals surface area contributed by atoms with E-state index in [2.05, 4.69) is 0 Å². The monoisotopic (exact) mass is 515 g/mol. The van der Waals surface area contributed by atoms with Crippen molar-refractivity contribution in [2.75, 3.05) is 13.2 Å². The van der Waals surface area contributed by atoms with E-state index < -0.39 is 60.3 Å². The number of rotatable bonds is 3. The number of aliphatic hydroxyl groups is 1. The van der Waals surface area contributed by atoms with Crippen molar-refractivity contribution in [1.29, 1.82) is 0 Å². The zero-order chi connectivity index (χ0) is 26.6. The third kappa shape index (κ3) is 8.87. The fraction of sp³-hybridized carbons (Fsp3) is 0.625. The molecule has 1 heterocycles. The molecule has 0 bridgehead atoms. The van der Waals surface area contributed by atoms with E-state index in [9.17, 15) is 19.5 Å². The summed E-state index contributed by atoms with van der Waals surface area (Å²) in [4.78, 5) is 39.5. The van der Waals surface area contributed by atoms with Gasteiger partial charge in [0.2, 0.25) is 0 Å². The molecule has 11 heteroatoms. The van der Waals surface area contributed by atoms with Gasteiger partial charge in [-0.3, -0.25) is 0 Å². The highest BCUT2D eigenvalue weighted by atomic mass is 35.5. The first-order valence-corrected chi connectivity index (χ1v) is 11.6. The molecule has 0 unspecified atom stereocenters. The Labute approximate surface area is 210 Å². The third-order valence-corrected chi connectivity index (χ3v) is 4.80. The highest BCUT2D eigenvalue weighted by molar-refractivity contribution is 6.30. The van der Waals surface area contributed by atoms with Crippen molar-refractivity contribution in [3.8, 4) is 5.75 Å². The van der Waals surface area contributed by atoms with Gasteiger partial charge in [-0.25, -0.2) is 14.4 Å². The lowest BCUT2D eigenvalue weighted by Gasteiger charge is -2.32. The molecule has 2 rings (SSSR count). The van der Waals surface area contributed by atoms with Crippen LogP contribution in [0.25, 0.3) is 0 Å². The van der Waals surface area contributed by atoms with Crippen LogP contribution < -0.4 is 4.74 Å². The zero-order valence-corrected chi connectivity index (χ0v) is 21.8. The number of hydrogen-bond acceptors (Lipinski definition) is 9. The van der Waals surface area contributed by atoms with Gasteiger partial charge in [0.05, 0.1) is 13.2 Å². The summed E-state index contributed by atoms with van der Waals surface area (Å²) in [5, 5.41) is 11.2. The lowest BCUT2D eigenvalue weighted by molar-refractivity contribution is -0.161. The molecular formula is C24H34ClNO9. The predicted octanol–water partition coefficient (Wildman–Crippen LogP) is 3.95. The average molecular weight is 516 g/mol. The minimum absolute atomic E-state index is 0.179. The van der Waals surface area contributed by atoms with Crippen molar-refractivity contribution in [3.63, 3.8) is 0 Å². The minimum atomic E-state index is -1.53. The second kappa shape index (κ2) is 11.5. The number of cyclic esters (lactones) is 1. The van der Waals surface area contributed by atoms with Crippen LogP contribution >= 0.6 is 11.6 Å². The van der Waals surface area contributed by atoms with Crippen molar-refractivity contribution in [2.45, 2.75) is 84.0 Å². The number of nitrogens with zero attached hydrogens (tertiary/aromatic N) is 1. The second-order valence-corrected chi connectivity index (χ2v) is 10.6. The van der Waals surface area contributed by atoms with Crippen LogP contribution in [0.1, 0.15) is 48.5 Å². The van der Waals surface area contributed by atoms with E-state index >= 15 is 0 Å². The molecule has 1 aliphatic heterocycles. The molecular weight excluding hydrogens is 482 g/mol. The van der Waals surface area contributed by atoms with Crippen LogP contribution in [0.5, 0.6) is 5.75 Å². The van der Waals surface area contributed by atoms with Crippen LogP contribution in [0.4, 0.5) is 9.59 Å². The number of carbonyl (C=O) groups excluding carboxylic acids is 3. The van der Waals surface area contributed by atoms with Crippen molar-refractivity contribution in [1.82, 2.24) is 4.90 Å². The van der Waals surface area contributed by atoms with Crippen LogP contribution in [-0.4, -0.2) is 76.9 Å². The Morgan fingerprint density at radius 2 is 1.63 bits per heavy atom. The predicted molar refractivity (Wildman–Crippen MR) is 126 cm³/mol. The Balaban J connectivity index is 2.32. The maximum atomic E-state index is 13.0. The van der Waals surface area contributed by atoms with E-state index in [1.54, 1.807) is 65.8 Å². The van der Waals surface area contributed by atoms with Crippen LogP contribution in [0.3, 0.4) is 0 Å². The molecule has 2 amide bonds. The van der Waals surface area contributed by atoms with E-state index in [0.717, 1.165) is 0 Å². The van der Waals surface area contributed by atoms with Gasteiger partial charge in [0.15, 0.2) is 12.1 Å². The van der Waals surface area contributed by atoms with Gasteiger partial charge in [0.25, 0.3) is 0 Å². The summed E-state index contributed by atoms with van der Waals surface area (Å²) >= 11 is 6.00. The normalized spacial score (nSPS) is 23.7. The topological polar surface area (TPSA) is 121 Å². The van der Waals surface area contributed by atoms with E-state index in [-0.39, 0.29) is 6.61 Å². The average Bonchev–Trinajstić information content (AvgIpc) is 2.72. The van der Waals surface area contributed by atoms with E-state index in [1.165, 1.54) is 6.92 Å². The molecule has 1 aliphatic rings. The third-order valence-electron chi connectivity index (χ3n) is 4.57. The molecule has 0 aliphatic carbocycles. The summed E-state index contributed by atoms with van der Waals surface area (Å²) in [6, 6.07) is 5.03. The fourth-order valence-electron chi connectivity index (χ4n) is 3.05. The summed E-state index contributed by atoms with van der Waals surface area (Å²) in [7, 11) is 0. The molecule has 0 saturated carbocycles. The number of ether oxygens (including phenoxy) is 5. The number of esters is 1. The molecule has 0 radical (unpaired) electrons. The molecule has 1 saturated heterocycles. The van der Waals surface area contributed by atoms with Crippen molar-refractivity contribution in [2.24, 2.45) is 0 Å². The standard InChI is InChI=1S/C24H34ClNO9/c1-14-19(27)18(33-16-10-8-9-15(25)11-16)13-31-12-17(20(28)32-14)26(21(29)34-23(2,3)4)22(30)35-24(5,6)7/h8-11,14,17-19,27H,12-13H2,1-7H3/t14-,17-,18-,19-/m0/s1. The summed E-state index contributed by atoms with van der Waals surface area (Å²) in [5.74, 6) is -0.597. The molecule has 1 aromatic carbocycles. The number of amides is 2. The number of aliphatic hydroxyl groups excluding tert-OH is 1. The lowest BCUT2D eigenvalue weighted by atomic mass is 10.1. The SMILES string of the molecule is C[C@@H]1OC(=O)[C@@H](N(C(=O)OC(C)(C)C)C(=O)OC(C)(C)C)COC[C@H](Oc2cccc(Cl)c2)[C@H]1O. The van der Waals surface area contributed by atoms with Gasteiger partial charge in [-0.2, -0.15) is 4.90 Å². The van der Waals surface area contributed by atoms with Gasteiger partial charge in [-0.1, -0.05) is 17.7 Å². The Kier molecular flexibility index (Phi) is 9.38. The number of imide groups is 1. The van der Waals surface area contributed by atoms with Gasteiger partial charge >= 0.3 is 18.2 Å². The Morgan fingerprint density at radius 3 is 2.14 bits per heavy atom. The van der Waals surface area contributed by atoms with Gasteiger partial charge in [0.1, 0.15) is 29.2 Å². The number of hydrogen-bond donors (Lipinski definition) is 1. The quantitative estimate of drug-likeness (QED) is 0.471. The van der Waals surface area contributed by atoms with Gasteiger partial charge in [-0.05, 0) is 66.7 Å². The molecule has 1 N–H and O–H groups in total. The maximum absolute atomic E-state index is 13.0. The van der Waals surface area contributed by atoms with E-state index in [4.69, 9.17) is 35.3 Å². The van der Waals surface area contributed by atoms with Crippen molar-refractivity contribution in [3.05, 3.63) is 29.3 Å². The number of carbonyl (C=O) groups is 3. The smallest absolute Gasteiger partial charge is 0.420 e. The van der Waals surface area contributed by atoms with Gasteiger partial charge < -0.3 is 28.8 Å². The molecule has 1 aromatic rings. The minimum Gasteiger partial charge on any atom is -0.485 e. The molecule has 35 heavy (non-hydrogen) atoms. The van der Waals surface area contributed by atoms with E-state index in [1.807, 2.05) is 0 Å². The second-order valence-electron chi connectivity index (χ2n) is 10.1. The fourth-order valence-corrected chi connectivity index (χ4v) is 3.23. The molecule has 10 nitrogen and oxygen atoms in total. The molecule has 196 valence electrons. The van der Waals surface area contributed by atoms with Crippen LogP contribution in [-0.2, 0) is 23.7 Å². The Hall–Kier alpha value is -2.56. The van der Waals surface area contributed by atoms with E-state index in [0.29, 0.717) is 15.7 Å². The van der Waals surface area contributed by atoms with Gasteiger partial charge in [-0.15, -0.1) is 0 Å². The van der Waals surface area contributed by atoms with Crippen LogP contribution in [0.2, 0.25) is 5.02 Å². The molecule has 1 fully saturated rings. The largest absolute Gasteiger partial charge is 0.485 e. The summed E-state index contributed by atoms with van der Waals surface area (Å²) in [5.41, 5.74) is -1.92. The maximum Gasteiger partial charge on any atom is 0.420 e. The highest BCUT2D eigenvalue weighted by Gasteiger charge is 2.44. The first-order chi connectivity index (χ1) is 16.1. The first kappa shape index (κ1) is 28.7. The van der Waals surface area contributed by atoms with Gasteiger partial charge in [0, 0.05) is 5.02 Å². The summed E-state index contributed by atoms with van der Waals surface area (Å²) in [6.45, 7) is 10.6. The summed E-state index contributed by atoms with van der Waals surface area (Å²) < 4.78 is 27.5. The van der Waals surface area contributed by atoms with Crippen molar-refractivity contribution < 1.29 is 43.2 Å². The molecule has 0 spiro atoms.